The van der Waals surface area contributed by atoms with Gasteiger partial charge in [-0.1, -0.05) is 6.07 Å². The summed E-state index contributed by atoms with van der Waals surface area (Å²) in [7, 11) is 0. The summed E-state index contributed by atoms with van der Waals surface area (Å²) >= 11 is 0. The van der Waals surface area contributed by atoms with Crippen LogP contribution < -0.4 is 0 Å². The lowest BCUT2D eigenvalue weighted by molar-refractivity contribution is -0.134. The molecular weight excluding hydrogens is 361 g/mol. The summed E-state index contributed by atoms with van der Waals surface area (Å²) < 4.78 is 13.5. The third-order valence-corrected chi connectivity index (χ3v) is 6.48. The Morgan fingerprint density at radius 3 is 2.39 bits per heavy atom. The molecule has 2 heterocycles. The number of hydrogen-bond donors (Lipinski definition) is 1. The minimum absolute atomic E-state index is 0.260. The number of piperidine rings is 1. The van der Waals surface area contributed by atoms with Gasteiger partial charge in [0.1, 0.15) is 5.82 Å². The summed E-state index contributed by atoms with van der Waals surface area (Å²) in [5.74, 6) is 0.267. The van der Waals surface area contributed by atoms with E-state index in [0.29, 0.717) is 18.9 Å². The summed E-state index contributed by atoms with van der Waals surface area (Å²) in [6, 6.07) is 4.63. The Morgan fingerprint density at radius 2 is 1.79 bits per heavy atom. The fourth-order valence-corrected chi connectivity index (χ4v) is 4.71. The SMILES string of the molecule is Cc1cc(F)ccc1[C@H]1C[C@H](N2CCN(C(=O)C3CC3)CC2)CCN1C(=O)O. The van der Waals surface area contributed by atoms with Gasteiger partial charge in [0.2, 0.25) is 5.91 Å². The molecule has 6 nitrogen and oxygen atoms in total. The van der Waals surface area contributed by atoms with Gasteiger partial charge in [0, 0.05) is 44.7 Å². The van der Waals surface area contributed by atoms with E-state index in [0.717, 1.165) is 56.6 Å². The molecule has 2 aliphatic heterocycles. The zero-order valence-corrected chi connectivity index (χ0v) is 16.3. The highest BCUT2D eigenvalue weighted by molar-refractivity contribution is 5.81. The van der Waals surface area contributed by atoms with Crippen LogP contribution in [0.4, 0.5) is 9.18 Å². The number of nitrogens with zero attached hydrogens (tertiary/aromatic N) is 3. The summed E-state index contributed by atoms with van der Waals surface area (Å²) in [6.07, 6.45) is 2.64. The van der Waals surface area contributed by atoms with E-state index in [1.165, 1.54) is 17.0 Å². The predicted molar refractivity (Wildman–Crippen MR) is 103 cm³/mol. The standard InChI is InChI=1S/C21H28FN3O3/c1-14-12-16(22)4-5-18(14)19-13-17(6-7-25(19)21(27)28)23-8-10-24(11-9-23)20(26)15-2-3-15/h4-5,12,15,17,19H,2-3,6-11,13H2,1H3,(H,27,28)/t17-,19-/m1/s1. The number of rotatable bonds is 3. The highest BCUT2D eigenvalue weighted by Crippen LogP contribution is 2.36. The van der Waals surface area contributed by atoms with Gasteiger partial charge in [-0.15, -0.1) is 0 Å². The maximum atomic E-state index is 13.5. The van der Waals surface area contributed by atoms with Crippen LogP contribution >= 0.6 is 0 Å². The molecule has 28 heavy (non-hydrogen) atoms. The van der Waals surface area contributed by atoms with Crippen LogP contribution in [0.25, 0.3) is 0 Å². The number of carboxylic acid groups (broad SMARTS) is 1. The summed E-state index contributed by atoms with van der Waals surface area (Å²) in [4.78, 5) is 29.9. The normalized spacial score (nSPS) is 26.4. The van der Waals surface area contributed by atoms with Crippen LogP contribution in [0.3, 0.4) is 0 Å². The molecule has 152 valence electrons. The third-order valence-electron chi connectivity index (χ3n) is 6.48. The van der Waals surface area contributed by atoms with Crippen LogP contribution in [0, 0.1) is 18.7 Å². The second kappa shape index (κ2) is 7.70. The fourth-order valence-electron chi connectivity index (χ4n) is 4.71. The van der Waals surface area contributed by atoms with Gasteiger partial charge in [-0.2, -0.15) is 0 Å². The van der Waals surface area contributed by atoms with Gasteiger partial charge in [0.15, 0.2) is 0 Å². The monoisotopic (exact) mass is 389 g/mol. The van der Waals surface area contributed by atoms with Crippen LogP contribution in [-0.2, 0) is 4.79 Å². The smallest absolute Gasteiger partial charge is 0.407 e. The number of piperazine rings is 1. The van der Waals surface area contributed by atoms with Crippen LogP contribution in [0.2, 0.25) is 0 Å². The van der Waals surface area contributed by atoms with E-state index < -0.39 is 6.09 Å². The van der Waals surface area contributed by atoms with E-state index in [2.05, 4.69) is 4.90 Å². The van der Waals surface area contributed by atoms with E-state index in [1.807, 2.05) is 11.8 Å². The van der Waals surface area contributed by atoms with Crippen molar-refractivity contribution >= 4 is 12.0 Å². The van der Waals surface area contributed by atoms with Crippen LogP contribution in [-0.4, -0.2) is 70.6 Å². The van der Waals surface area contributed by atoms with Gasteiger partial charge < -0.3 is 14.9 Å². The van der Waals surface area contributed by atoms with E-state index in [4.69, 9.17) is 0 Å². The second-order valence-corrected chi connectivity index (χ2v) is 8.31. The number of likely N-dealkylation sites (tertiary alicyclic amines) is 1. The first kappa shape index (κ1) is 19.2. The van der Waals surface area contributed by atoms with Crippen LogP contribution in [0.1, 0.15) is 42.9 Å². The molecule has 3 aliphatic rings. The number of benzene rings is 1. The van der Waals surface area contributed by atoms with E-state index in [1.54, 1.807) is 6.07 Å². The van der Waals surface area contributed by atoms with Crippen molar-refractivity contribution in [3.05, 3.63) is 35.1 Å². The van der Waals surface area contributed by atoms with E-state index >= 15 is 0 Å². The molecular formula is C21H28FN3O3. The summed E-state index contributed by atoms with van der Waals surface area (Å²) in [6.45, 7) is 5.51. The van der Waals surface area contributed by atoms with Gasteiger partial charge >= 0.3 is 6.09 Å². The predicted octanol–water partition coefficient (Wildman–Crippen LogP) is 2.87. The third kappa shape index (κ3) is 3.85. The Labute approximate surface area is 164 Å². The van der Waals surface area contributed by atoms with Gasteiger partial charge in [-0.25, -0.2) is 9.18 Å². The molecule has 1 aromatic rings. The van der Waals surface area contributed by atoms with E-state index in [9.17, 15) is 19.1 Å². The zero-order valence-electron chi connectivity index (χ0n) is 16.3. The van der Waals surface area contributed by atoms with Crippen molar-refractivity contribution in [2.75, 3.05) is 32.7 Å². The van der Waals surface area contributed by atoms with Crippen molar-refractivity contribution in [1.29, 1.82) is 0 Å². The lowest BCUT2D eigenvalue weighted by Crippen LogP contribution is -2.55. The molecule has 1 aromatic carbocycles. The molecule has 0 radical (unpaired) electrons. The van der Waals surface area contributed by atoms with Crippen molar-refractivity contribution in [3.8, 4) is 0 Å². The Balaban J connectivity index is 1.45. The maximum Gasteiger partial charge on any atom is 0.407 e. The highest BCUT2D eigenvalue weighted by Gasteiger charge is 2.38. The average molecular weight is 389 g/mol. The molecule has 4 rings (SSSR count). The summed E-state index contributed by atoms with van der Waals surface area (Å²) in [5, 5.41) is 9.66. The second-order valence-electron chi connectivity index (χ2n) is 8.31. The number of amides is 2. The first-order valence-electron chi connectivity index (χ1n) is 10.2. The molecule has 1 aliphatic carbocycles. The van der Waals surface area contributed by atoms with Crippen molar-refractivity contribution in [3.63, 3.8) is 0 Å². The number of halogens is 1. The number of aryl methyl sites for hydroxylation is 1. The lowest BCUT2D eigenvalue weighted by Gasteiger charge is -2.45. The largest absolute Gasteiger partial charge is 0.465 e. The minimum Gasteiger partial charge on any atom is -0.465 e. The Hall–Kier alpha value is -2.15. The van der Waals surface area contributed by atoms with Crippen LogP contribution in [0.15, 0.2) is 18.2 Å². The molecule has 0 spiro atoms. The lowest BCUT2D eigenvalue weighted by atomic mass is 9.88. The molecule has 0 aromatic heterocycles. The number of hydrogen-bond acceptors (Lipinski definition) is 3. The van der Waals surface area contributed by atoms with Crippen molar-refractivity contribution < 1.29 is 19.1 Å². The van der Waals surface area contributed by atoms with Crippen molar-refractivity contribution in [1.82, 2.24) is 14.7 Å². The Bertz CT molecular complexity index is 759. The van der Waals surface area contributed by atoms with Gasteiger partial charge in [-0.3, -0.25) is 9.69 Å². The minimum atomic E-state index is -0.924. The molecule has 1 saturated carbocycles. The van der Waals surface area contributed by atoms with Gasteiger partial charge in [-0.05, 0) is 55.9 Å². The first-order valence-corrected chi connectivity index (χ1v) is 10.2. The molecule has 3 fully saturated rings. The fraction of sp³-hybridized carbons (Fsp3) is 0.619. The topological polar surface area (TPSA) is 64.1 Å². The van der Waals surface area contributed by atoms with Gasteiger partial charge in [0.25, 0.3) is 0 Å². The molecule has 0 bridgehead atoms. The number of carbonyl (C=O) groups is 2. The molecule has 2 amide bonds. The molecule has 2 saturated heterocycles. The zero-order chi connectivity index (χ0) is 19.8. The van der Waals surface area contributed by atoms with Crippen LogP contribution in [0.5, 0.6) is 0 Å². The van der Waals surface area contributed by atoms with Crippen molar-refractivity contribution in [2.24, 2.45) is 5.92 Å². The van der Waals surface area contributed by atoms with E-state index in [-0.39, 0.29) is 23.8 Å². The molecule has 0 unspecified atom stereocenters. The highest BCUT2D eigenvalue weighted by atomic mass is 19.1. The first-order chi connectivity index (χ1) is 13.4. The molecule has 1 N–H and O–H groups in total. The summed E-state index contributed by atoms with van der Waals surface area (Å²) in [5.41, 5.74) is 1.67. The average Bonchev–Trinajstić information content (AvgIpc) is 3.52. The van der Waals surface area contributed by atoms with Gasteiger partial charge in [0.05, 0.1) is 6.04 Å². The Morgan fingerprint density at radius 1 is 1.07 bits per heavy atom. The quantitative estimate of drug-likeness (QED) is 0.863. The maximum absolute atomic E-state index is 13.5. The van der Waals surface area contributed by atoms with Crippen molar-refractivity contribution in [2.45, 2.75) is 44.7 Å². The molecule has 7 heteroatoms. The molecule has 2 atom stereocenters. The Kier molecular flexibility index (Phi) is 5.27. The number of carbonyl (C=O) groups excluding carboxylic acids is 1.